The fourth-order valence-electron chi connectivity index (χ4n) is 5.83. The van der Waals surface area contributed by atoms with Crippen LogP contribution < -0.4 is 15.2 Å². The minimum atomic E-state index is -0.634. The minimum absolute atomic E-state index is 0.00478. The molecule has 5 rings (SSSR count). The summed E-state index contributed by atoms with van der Waals surface area (Å²) in [5.41, 5.74) is 2.49. The van der Waals surface area contributed by atoms with Crippen LogP contribution in [-0.4, -0.2) is 75.6 Å². The van der Waals surface area contributed by atoms with E-state index < -0.39 is 11.6 Å². The molecule has 1 aliphatic heterocycles. The summed E-state index contributed by atoms with van der Waals surface area (Å²) < 4.78 is 48.3. The molecule has 0 N–H and O–H groups in total. The van der Waals surface area contributed by atoms with Crippen LogP contribution in [0.5, 0.6) is 5.75 Å². The Morgan fingerprint density at radius 3 is 2.27 bits per heavy atom. The number of methoxy groups -OCH3 is 2. The Morgan fingerprint density at radius 1 is 0.844 bits per heavy atom. The molecule has 0 unspecified atom stereocenters. The molecule has 238 valence electrons. The Bertz CT molecular complexity index is 1730. The van der Waals surface area contributed by atoms with Gasteiger partial charge >= 0.3 is 0 Å². The number of halogens is 2. The van der Waals surface area contributed by atoms with Crippen LogP contribution in [-0.2, 0) is 14.3 Å². The molecule has 0 aliphatic carbocycles. The van der Waals surface area contributed by atoms with E-state index in [9.17, 15) is 9.59 Å². The molecule has 1 saturated heterocycles. The van der Waals surface area contributed by atoms with Crippen molar-refractivity contribution in [3.8, 4) is 22.6 Å². The van der Waals surface area contributed by atoms with Gasteiger partial charge in [-0.3, -0.25) is 14.2 Å². The van der Waals surface area contributed by atoms with Crippen molar-refractivity contribution >= 4 is 22.5 Å². The molecule has 0 saturated carbocycles. The lowest BCUT2D eigenvalue weighted by Gasteiger charge is -2.37. The van der Waals surface area contributed by atoms with Gasteiger partial charge in [0.05, 0.1) is 50.2 Å². The number of carbonyl (C=O) groups is 1. The number of anilines is 1. The Morgan fingerprint density at radius 2 is 1.58 bits per heavy atom. The van der Waals surface area contributed by atoms with Gasteiger partial charge in [-0.2, -0.15) is 0 Å². The van der Waals surface area contributed by atoms with E-state index in [0.717, 1.165) is 5.56 Å². The first-order valence-corrected chi connectivity index (χ1v) is 15.2. The highest BCUT2D eigenvalue weighted by atomic mass is 19.1. The first kappa shape index (κ1) is 32.1. The Kier molecular flexibility index (Phi) is 10.1. The van der Waals surface area contributed by atoms with E-state index in [0.29, 0.717) is 74.0 Å². The van der Waals surface area contributed by atoms with Crippen LogP contribution in [0.3, 0.4) is 0 Å². The third-order valence-corrected chi connectivity index (χ3v) is 8.21. The summed E-state index contributed by atoms with van der Waals surface area (Å²) in [6.45, 7) is 7.16. The SMILES string of the molecule is COCCOCCC(=O)N1CCN(c2cc(=O)n(-c3ccccc3C(C)C)c3cc(-c4ccc(OC)cc4F)c(F)cc23)CC1. The van der Waals surface area contributed by atoms with Crippen LogP contribution >= 0.6 is 0 Å². The van der Waals surface area contributed by atoms with Crippen molar-refractivity contribution in [1.82, 2.24) is 9.47 Å². The zero-order chi connectivity index (χ0) is 32.1. The van der Waals surface area contributed by atoms with Crippen molar-refractivity contribution in [3.63, 3.8) is 0 Å². The molecule has 0 spiro atoms. The molecule has 1 aliphatic rings. The number of hydrogen-bond donors (Lipinski definition) is 0. The normalized spacial score (nSPS) is 13.6. The number of para-hydroxylation sites is 1. The highest BCUT2D eigenvalue weighted by molar-refractivity contribution is 5.96. The fourth-order valence-corrected chi connectivity index (χ4v) is 5.83. The predicted molar refractivity (Wildman–Crippen MR) is 172 cm³/mol. The fraction of sp³-hybridized carbons (Fsp3) is 0.371. The summed E-state index contributed by atoms with van der Waals surface area (Å²) in [5.74, 6) is -0.825. The maximum absolute atomic E-state index is 15.9. The van der Waals surface area contributed by atoms with Gasteiger partial charge < -0.3 is 24.0 Å². The summed E-state index contributed by atoms with van der Waals surface area (Å²) >= 11 is 0. The summed E-state index contributed by atoms with van der Waals surface area (Å²) in [7, 11) is 3.03. The smallest absolute Gasteiger partial charge is 0.257 e. The molecule has 45 heavy (non-hydrogen) atoms. The minimum Gasteiger partial charge on any atom is -0.497 e. The van der Waals surface area contributed by atoms with E-state index in [1.165, 1.54) is 31.4 Å². The van der Waals surface area contributed by atoms with Gasteiger partial charge in [-0.05, 0) is 41.8 Å². The predicted octanol–water partition coefficient (Wildman–Crippen LogP) is 5.77. The number of benzene rings is 3. The lowest BCUT2D eigenvalue weighted by Crippen LogP contribution is -2.49. The van der Waals surface area contributed by atoms with Crippen LogP contribution in [0.2, 0.25) is 0 Å². The third kappa shape index (κ3) is 6.87. The number of hydrogen-bond acceptors (Lipinski definition) is 6. The number of aromatic nitrogens is 1. The molecule has 1 aromatic heterocycles. The second-order valence-electron chi connectivity index (χ2n) is 11.3. The van der Waals surface area contributed by atoms with Crippen molar-refractivity contribution in [3.05, 3.63) is 88.2 Å². The van der Waals surface area contributed by atoms with Gasteiger partial charge in [0, 0.05) is 61.9 Å². The topological polar surface area (TPSA) is 73.2 Å². The standard InChI is InChI=1S/C35H39F2N3O5/c1-23(2)25-7-5-6-8-31(25)40-33-21-27(26-10-9-24(44-4)19-29(26)36)30(37)20-28(33)32(22-35(40)42)38-12-14-39(15-13-38)34(41)11-16-45-18-17-43-3/h5-10,19-23H,11-18H2,1-4H3. The van der Waals surface area contributed by atoms with Crippen LogP contribution in [0.4, 0.5) is 14.5 Å². The summed E-state index contributed by atoms with van der Waals surface area (Å²) in [5, 5.41) is 0.523. The van der Waals surface area contributed by atoms with E-state index in [-0.39, 0.29) is 34.9 Å². The Hall–Kier alpha value is -4.28. The summed E-state index contributed by atoms with van der Waals surface area (Å²) in [4.78, 5) is 30.5. The van der Waals surface area contributed by atoms with Crippen molar-refractivity contribution < 1.29 is 27.8 Å². The second kappa shape index (κ2) is 14.2. The average Bonchev–Trinajstić information content (AvgIpc) is 3.04. The summed E-state index contributed by atoms with van der Waals surface area (Å²) in [6.07, 6.45) is 0.272. The number of amides is 1. The van der Waals surface area contributed by atoms with Crippen molar-refractivity contribution in [2.45, 2.75) is 26.2 Å². The number of pyridine rings is 1. The van der Waals surface area contributed by atoms with Gasteiger partial charge in [0.15, 0.2) is 0 Å². The molecule has 2 heterocycles. The van der Waals surface area contributed by atoms with Crippen LogP contribution in [0.15, 0.2) is 65.5 Å². The molecule has 4 aromatic rings. The molecule has 3 aromatic carbocycles. The van der Waals surface area contributed by atoms with Gasteiger partial charge in [0.25, 0.3) is 5.56 Å². The summed E-state index contributed by atoms with van der Waals surface area (Å²) in [6, 6.07) is 16.4. The molecular formula is C35H39F2N3O5. The molecule has 1 fully saturated rings. The van der Waals surface area contributed by atoms with Crippen molar-refractivity contribution in [2.75, 3.05) is 65.1 Å². The molecule has 1 amide bonds. The quantitative estimate of drug-likeness (QED) is 0.199. The first-order valence-electron chi connectivity index (χ1n) is 15.2. The largest absolute Gasteiger partial charge is 0.497 e. The van der Waals surface area contributed by atoms with Crippen LogP contribution in [0.1, 0.15) is 31.7 Å². The Labute approximate surface area is 261 Å². The van der Waals surface area contributed by atoms with Gasteiger partial charge in [-0.25, -0.2) is 8.78 Å². The van der Waals surface area contributed by atoms with Gasteiger partial charge in [-0.15, -0.1) is 0 Å². The zero-order valence-electron chi connectivity index (χ0n) is 26.1. The van der Waals surface area contributed by atoms with E-state index in [1.54, 1.807) is 28.7 Å². The first-order chi connectivity index (χ1) is 21.7. The van der Waals surface area contributed by atoms with E-state index in [1.807, 2.05) is 43.0 Å². The maximum Gasteiger partial charge on any atom is 0.257 e. The molecule has 10 heteroatoms. The van der Waals surface area contributed by atoms with Gasteiger partial charge in [-0.1, -0.05) is 32.0 Å². The molecule has 0 radical (unpaired) electrons. The highest BCUT2D eigenvalue weighted by Crippen LogP contribution is 2.36. The zero-order valence-corrected chi connectivity index (χ0v) is 26.1. The molecular weight excluding hydrogens is 580 g/mol. The number of fused-ring (bicyclic) bond motifs is 1. The number of piperazine rings is 1. The molecule has 0 atom stereocenters. The van der Waals surface area contributed by atoms with Gasteiger partial charge in [0.1, 0.15) is 17.4 Å². The lowest BCUT2D eigenvalue weighted by atomic mass is 9.98. The monoisotopic (exact) mass is 619 g/mol. The maximum atomic E-state index is 15.9. The third-order valence-electron chi connectivity index (χ3n) is 8.21. The number of rotatable bonds is 11. The van der Waals surface area contributed by atoms with Crippen LogP contribution in [0, 0.1) is 11.6 Å². The average molecular weight is 620 g/mol. The highest BCUT2D eigenvalue weighted by Gasteiger charge is 2.25. The van der Waals surface area contributed by atoms with E-state index in [2.05, 4.69) is 0 Å². The van der Waals surface area contributed by atoms with Crippen molar-refractivity contribution in [2.24, 2.45) is 0 Å². The number of ether oxygens (including phenoxy) is 3. The Balaban J connectivity index is 1.56. The van der Waals surface area contributed by atoms with Gasteiger partial charge in [0.2, 0.25) is 5.91 Å². The number of carbonyl (C=O) groups excluding carboxylic acids is 1. The molecule has 8 nitrogen and oxygen atoms in total. The van der Waals surface area contributed by atoms with E-state index in [4.69, 9.17) is 14.2 Å². The molecule has 0 bridgehead atoms. The van der Waals surface area contributed by atoms with E-state index >= 15 is 8.78 Å². The number of nitrogens with zero attached hydrogens (tertiary/aromatic N) is 3. The second-order valence-corrected chi connectivity index (χ2v) is 11.3. The van der Waals surface area contributed by atoms with Crippen LogP contribution in [0.25, 0.3) is 27.7 Å². The lowest BCUT2D eigenvalue weighted by molar-refractivity contribution is -0.132. The van der Waals surface area contributed by atoms with Crippen molar-refractivity contribution in [1.29, 1.82) is 0 Å².